The zero-order chi connectivity index (χ0) is 26.3. The molecule has 7 nitrogen and oxygen atoms in total. The SMILES string of the molecule is C[C@@H](Sc1nnc(CNc2ccc(Cl)cc2)n1-c1ccccc1)C(=O)NN=Cc1ccc2ccccc2c1. The van der Waals surface area contributed by atoms with Crippen LogP contribution in [0.2, 0.25) is 5.02 Å². The summed E-state index contributed by atoms with van der Waals surface area (Å²) in [5.74, 6) is 0.492. The predicted octanol–water partition coefficient (Wildman–Crippen LogP) is 6.32. The summed E-state index contributed by atoms with van der Waals surface area (Å²) in [6.07, 6.45) is 1.65. The molecule has 1 atom stereocenters. The number of fused-ring (bicyclic) bond motifs is 1. The molecule has 0 saturated heterocycles. The van der Waals surface area contributed by atoms with Crippen molar-refractivity contribution in [2.24, 2.45) is 5.10 Å². The third-order valence-corrected chi connectivity index (χ3v) is 7.12. The summed E-state index contributed by atoms with van der Waals surface area (Å²) in [6, 6.07) is 31.5. The van der Waals surface area contributed by atoms with E-state index < -0.39 is 5.25 Å². The third kappa shape index (κ3) is 6.22. The first-order valence-corrected chi connectivity index (χ1v) is 13.3. The van der Waals surface area contributed by atoms with E-state index in [9.17, 15) is 4.79 Å². The van der Waals surface area contributed by atoms with Gasteiger partial charge in [0.25, 0.3) is 5.91 Å². The molecule has 0 radical (unpaired) electrons. The predicted molar refractivity (Wildman–Crippen MR) is 155 cm³/mol. The largest absolute Gasteiger partial charge is 0.378 e. The lowest BCUT2D eigenvalue weighted by molar-refractivity contribution is -0.120. The minimum Gasteiger partial charge on any atom is -0.378 e. The van der Waals surface area contributed by atoms with Gasteiger partial charge in [0.1, 0.15) is 0 Å². The fraction of sp³-hybridized carbons (Fsp3) is 0.103. The zero-order valence-corrected chi connectivity index (χ0v) is 22.2. The van der Waals surface area contributed by atoms with E-state index >= 15 is 0 Å². The van der Waals surface area contributed by atoms with Gasteiger partial charge < -0.3 is 5.32 Å². The molecule has 0 saturated carbocycles. The highest BCUT2D eigenvalue weighted by molar-refractivity contribution is 8.00. The van der Waals surface area contributed by atoms with Gasteiger partial charge in [0, 0.05) is 16.4 Å². The molecule has 5 aromatic rings. The molecule has 0 aliphatic carbocycles. The lowest BCUT2D eigenvalue weighted by atomic mass is 10.1. The summed E-state index contributed by atoms with van der Waals surface area (Å²) in [7, 11) is 0. The molecule has 2 N–H and O–H groups in total. The number of benzene rings is 4. The Bertz CT molecular complexity index is 1570. The van der Waals surface area contributed by atoms with Crippen molar-refractivity contribution in [3.63, 3.8) is 0 Å². The van der Waals surface area contributed by atoms with Gasteiger partial charge in [-0.1, -0.05) is 78.0 Å². The van der Waals surface area contributed by atoms with Crippen LogP contribution in [0.15, 0.2) is 107 Å². The van der Waals surface area contributed by atoms with E-state index in [1.807, 2.05) is 102 Å². The highest BCUT2D eigenvalue weighted by Gasteiger charge is 2.21. The number of para-hydroxylation sites is 1. The molecule has 4 aromatic carbocycles. The number of aromatic nitrogens is 3. The first-order chi connectivity index (χ1) is 18.6. The molecule has 38 heavy (non-hydrogen) atoms. The molecule has 5 rings (SSSR count). The molecule has 190 valence electrons. The second kappa shape index (κ2) is 11.9. The normalized spacial score (nSPS) is 12.1. The van der Waals surface area contributed by atoms with Crippen molar-refractivity contribution in [2.75, 3.05) is 5.32 Å². The molecule has 1 heterocycles. The monoisotopic (exact) mass is 540 g/mol. The fourth-order valence-corrected chi connectivity index (χ4v) is 4.84. The van der Waals surface area contributed by atoms with E-state index in [2.05, 4.69) is 32.1 Å². The van der Waals surface area contributed by atoms with Crippen LogP contribution in [0.4, 0.5) is 5.69 Å². The first-order valence-electron chi connectivity index (χ1n) is 12.0. The summed E-state index contributed by atoms with van der Waals surface area (Å²) >= 11 is 7.32. The number of rotatable bonds is 9. The first kappa shape index (κ1) is 25.5. The number of nitrogens with zero attached hydrogens (tertiary/aromatic N) is 4. The second-order valence-electron chi connectivity index (χ2n) is 8.53. The Morgan fingerprint density at radius 1 is 0.974 bits per heavy atom. The number of hydrazone groups is 1. The summed E-state index contributed by atoms with van der Waals surface area (Å²) in [6.45, 7) is 2.27. The summed E-state index contributed by atoms with van der Waals surface area (Å²) in [5, 5.41) is 19.4. The Hall–Kier alpha value is -4.14. The Morgan fingerprint density at radius 2 is 1.71 bits per heavy atom. The summed E-state index contributed by atoms with van der Waals surface area (Å²) in [4.78, 5) is 12.8. The Morgan fingerprint density at radius 3 is 2.50 bits per heavy atom. The van der Waals surface area contributed by atoms with Crippen LogP contribution in [0.5, 0.6) is 0 Å². The summed E-state index contributed by atoms with van der Waals surface area (Å²) in [5.41, 5.74) is 5.39. The number of halogens is 1. The highest BCUT2D eigenvalue weighted by atomic mass is 35.5. The number of amides is 1. The van der Waals surface area contributed by atoms with Crippen molar-refractivity contribution in [1.29, 1.82) is 0 Å². The van der Waals surface area contributed by atoms with E-state index in [0.717, 1.165) is 33.5 Å². The lowest BCUT2D eigenvalue weighted by Gasteiger charge is -2.13. The van der Waals surface area contributed by atoms with Crippen LogP contribution in [0.1, 0.15) is 18.3 Å². The van der Waals surface area contributed by atoms with E-state index in [-0.39, 0.29) is 5.91 Å². The molecular weight excluding hydrogens is 516 g/mol. The average Bonchev–Trinajstić information content (AvgIpc) is 3.35. The van der Waals surface area contributed by atoms with Gasteiger partial charge in [0.05, 0.1) is 18.0 Å². The minimum absolute atomic E-state index is 0.226. The zero-order valence-electron chi connectivity index (χ0n) is 20.6. The Kier molecular flexibility index (Phi) is 8.01. The molecular formula is C29H25ClN6OS. The molecule has 9 heteroatoms. The molecule has 1 aromatic heterocycles. The number of carbonyl (C=O) groups excluding carboxylic acids is 1. The Balaban J connectivity index is 1.27. The van der Waals surface area contributed by atoms with Crippen molar-refractivity contribution in [2.45, 2.75) is 23.9 Å². The average molecular weight is 541 g/mol. The van der Waals surface area contributed by atoms with Gasteiger partial charge in [-0.3, -0.25) is 9.36 Å². The lowest BCUT2D eigenvalue weighted by Crippen LogP contribution is -2.27. The van der Waals surface area contributed by atoms with Crippen LogP contribution in [0.25, 0.3) is 16.5 Å². The van der Waals surface area contributed by atoms with Gasteiger partial charge in [-0.15, -0.1) is 10.2 Å². The number of hydrogen-bond donors (Lipinski definition) is 2. The van der Waals surface area contributed by atoms with Crippen LogP contribution in [-0.4, -0.2) is 32.1 Å². The second-order valence-corrected chi connectivity index (χ2v) is 10.3. The number of hydrogen-bond acceptors (Lipinski definition) is 6. The molecule has 0 bridgehead atoms. The van der Waals surface area contributed by atoms with Gasteiger partial charge in [-0.2, -0.15) is 5.10 Å². The van der Waals surface area contributed by atoms with Crippen molar-refractivity contribution in [3.05, 3.63) is 113 Å². The third-order valence-electron chi connectivity index (χ3n) is 5.82. The highest BCUT2D eigenvalue weighted by Crippen LogP contribution is 2.26. The molecule has 0 fully saturated rings. The van der Waals surface area contributed by atoms with Crippen LogP contribution in [0.3, 0.4) is 0 Å². The molecule has 0 unspecified atom stereocenters. The van der Waals surface area contributed by atoms with Gasteiger partial charge in [-0.25, -0.2) is 5.43 Å². The quantitative estimate of drug-likeness (QED) is 0.130. The summed E-state index contributed by atoms with van der Waals surface area (Å²) < 4.78 is 1.95. The molecule has 0 spiro atoms. The molecule has 0 aliphatic rings. The number of thioether (sulfide) groups is 1. The van der Waals surface area contributed by atoms with Crippen molar-refractivity contribution in [1.82, 2.24) is 20.2 Å². The van der Waals surface area contributed by atoms with Gasteiger partial charge >= 0.3 is 0 Å². The maximum absolute atomic E-state index is 12.8. The van der Waals surface area contributed by atoms with Gasteiger partial charge in [0.15, 0.2) is 11.0 Å². The Labute approximate surface area is 229 Å². The smallest absolute Gasteiger partial charge is 0.253 e. The molecule has 0 aliphatic heterocycles. The van der Waals surface area contributed by atoms with Crippen molar-refractivity contribution >= 4 is 51.9 Å². The van der Waals surface area contributed by atoms with Gasteiger partial charge in [-0.05, 0) is 65.7 Å². The maximum Gasteiger partial charge on any atom is 0.253 e. The molecule has 1 amide bonds. The maximum atomic E-state index is 12.8. The number of carbonyl (C=O) groups is 1. The topological polar surface area (TPSA) is 84.2 Å². The van der Waals surface area contributed by atoms with E-state index in [1.54, 1.807) is 6.21 Å². The number of nitrogens with one attached hydrogen (secondary N) is 2. The van der Waals surface area contributed by atoms with Crippen molar-refractivity contribution < 1.29 is 4.79 Å². The fourth-order valence-electron chi connectivity index (χ4n) is 3.84. The van der Waals surface area contributed by atoms with Crippen LogP contribution in [0, 0.1) is 0 Å². The van der Waals surface area contributed by atoms with Gasteiger partial charge in [0.2, 0.25) is 0 Å². The minimum atomic E-state index is -0.451. The van der Waals surface area contributed by atoms with Crippen LogP contribution < -0.4 is 10.7 Å². The number of anilines is 1. The van der Waals surface area contributed by atoms with Crippen molar-refractivity contribution in [3.8, 4) is 5.69 Å². The van der Waals surface area contributed by atoms with E-state index in [1.165, 1.54) is 11.8 Å². The van der Waals surface area contributed by atoms with E-state index in [0.29, 0.717) is 16.7 Å². The van der Waals surface area contributed by atoms with Crippen LogP contribution in [-0.2, 0) is 11.3 Å². The standard InChI is InChI=1S/C29H25ClN6OS/c1-20(28(37)34-32-18-21-11-12-22-7-5-6-8-23(22)17-21)38-29-35-33-27(36(29)26-9-3-2-4-10-26)19-31-25-15-13-24(30)14-16-25/h2-18,20,31H,19H2,1H3,(H,34,37)/t20-/m1/s1. The van der Waals surface area contributed by atoms with E-state index in [4.69, 9.17) is 11.6 Å². The van der Waals surface area contributed by atoms with Crippen LogP contribution >= 0.6 is 23.4 Å².